The van der Waals surface area contributed by atoms with Crippen molar-refractivity contribution in [3.63, 3.8) is 0 Å². The molecule has 2 atom stereocenters. The summed E-state index contributed by atoms with van der Waals surface area (Å²) >= 11 is 8.00. The summed E-state index contributed by atoms with van der Waals surface area (Å²) in [5.41, 5.74) is 3.07. The maximum absolute atomic E-state index is 6.37. The van der Waals surface area contributed by atoms with E-state index in [9.17, 15) is 0 Å². The summed E-state index contributed by atoms with van der Waals surface area (Å²) in [6.07, 6.45) is 2.54. The number of hydrogen-bond acceptors (Lipinski definition) is 5. The van der Waals surface area contributed by atoms with Gasteiger partial charge in [0.05, 0.1) is 6.04 Å². The number of hydrazone groups is 1. The molecule has 142 valence electrons. The number of aryl methyl sites for hydroxylation is 1. The molecule has 28 heavy (non-hydrogen) atoms. The Bertz CT molecular complexity index is 1060. The van der Waals surface area contributed by atoms with E-state index in [1.165, 1.54) is 4.90 Å². The molecule has 3 aromatic rings. The number of furan rings is 1. The second kappa shape index (κ2) is 6.90. The zero-order valence-electron chi connectivity index (χ0n) is 15.6. The van der Waals surface area contributed by atoms with Gasteiger partial charge in [-0.3, -0.25) is 0 Å². The summed E-state index contributed by atoms with van der Waals surface area (Å²) in [6, 6.07) is 18.3. The Hall–Kier alpha value is -2.37. The number of nitrogens with zero attached hydrogens (tertiary/aromatic N) is 2. The molecule has 1 aromatic heterocycles. The highest BCUT2D eigenvalue weighted by atomic mass is 35.5. The van der Waals surface area contributed by atoms with Crippen molar-refractivity contribution in [3.8, 4) is 5.75 Å². The first-order valence-electron chi connectivity index (χ1n) is 9.15. The molecule has 6 heteroatoms. The summed E-state index contributed by atoms with van der Waals surface area (Å²) in [5, 5.41) is 7.65. The van der Waals surface area contributed by atoms with E-state index >= 15 is 0 Å². The monoisotopic (exact) mass is 410 g/mol. The lowest BCUT2D eigenvalue weighted by Crippen LogP contribution is -2.33. The van der Waals surface area contributed by atoms with Crippen molar-refractivity contribution in [1.82, 2.24) is 5.01 Å². The molecule has 0 N–H and O–H groups in total. The third kappa shape index (κ3) is 2.99. The molecule has 2 aromatic carbocycles. The van der Waals surface area contributed by atoms with E-state index < -0.39 is 0 Å². The van der Waals surface area contributed by atoms with Crippen LogP contribution in [0.3, 0.4) is 0 Å². The lowest BCUT2D eigenvalue weighted by molar-refractivity contribution is -0.0190. The maximum atomic E-state index is 6.37. The number of hydrogen-bond donors (Lipinski definition) is 0. The normalized spacial score (nSPS) is 20.4. The van der Waals surface area contributed by atoms with Gasteiger partial charge in [-0.05, 0) is 55.6 Å². The Morgan fingerprint density at radius 2 is 1.93 bits per heavy atom. The molecular weight excluding hydrogens is 392 g/mol. The van der Waals surface area contributed by atoms with Crippen molar-refractivity contribution >= 4 is 29.1 Å². The molecule has 0 fully saturated rings. The van der Waals surface area contributed by atoms with Crippen LogP contribution < -0.4 is 4.74 Å². The van der Waals surface area contributed by atoms with Gasteiger partial charge in [-0.25, -0.2) is 5.01 Å². The van der Waals surface area contributed by atoms with Gasteiger partial charge in [0.15, 0.2) is 0 Å². The molecule has 0 unspecified atom stereocenters. The highest BCUT2D eigenvalue weighted by Crippen LogP contribution is 2.48. The van der Waals surface area contributed by atoms with Crippen LogP contribution in [0.5, 0.6) is 5.75 Å². The number of benzene rings is 2. The molecule has 0 saturated carbocycles. The fourth-order valence-corrected chi connectivity index (χ4v) is 4.37. The first-order chi connectivity index (χ1) is 13.6. The second-order valence-corrected chi connectivity index (χ2v) is 8.30. The Balaban J connectivity index is 1.58. The second-order valence-electron chi connectivity index (χ2n) is 6.98. The van der Waals surface area contributed by atoms with Crippen LogP contribution in [0, 0.1) is 6.92 Å². The molecule has 0 saturated heterocycles. The Morgan fingerprint density at radius 1 is 1.11 bits per heavy atom. The van der Waals surface area contributed by atoms with E-state index in [-0.39, 0.29) is 12.3 Å². The van der Waals surface area contributed by atoms with E-state index in [1.807, 2.05) is 42.3 Å². The number of rotatable bonds is 3. The molecule has 2 aliphatic heterocycles. The van der Waals surface area contributed by atoms with Crippen molar-refractivity contribution in [2.24, 2.45) is 5.10 Å². The van der Waals surface area contributed by atoms with Crippen LogP contribution in [0.1, 0.15) is 41.3 Å². The number of ether oxygens (including phenoxy) is 1. The zero-order valence-corrected chi connectivity index (χ0v) is 17.1. The number of thioether (sulfide) groups is 1. The molecule has 0 radical (unpaired) electrons. The summed E-state index contributed by atoms with van der Waals surface area (Å²) in [5.74, 6) is 2.55. The summed E-state index contributed by atoms with van der Waals surface area (Å²) in [4.78, 5) is 1.22. The Morgan fingerprint density at radius 3 is 2.64 bits per heavy atom. The average Bonchev–Trinajstić information content (AvgIpc) is 3.34. The van der Waals surface area contributed by atoms with Crippen LogP contribution in [0.4, 0.5) is 0 Å². The largest absolute Gasteiger partial charge is 0.464 e. The van der Waals surface area contributed by atoms with Crippen LogP contribution >= 0.6 is 23.4 Å². The van der Waals surface area contributed by atoms with Gasteiger partial charge in [-0.1, -0.05) is 23.7 Å². The van der Waals surface area contributed by atoms with Gasteiger partial charge in [-0.2, -0.15) is 5.10 Å². The highest BCUT2D eigenvalue weighted by Gasteiger charge is 2.41. The van der Waals surface area contributed by atoms with Gasteiger partial charge in [0.2, 0.25) is 6.23 Å². The third-order valence-electron chi connectivity index (χ3n) is 5.18. The van der Waals surface area contributed by atoms with Gasteiger partial charge in [0.1, 0.15) is 23.0 Å². The minimum absolute atomic E-state index is 0.0630. The van der Waals surface area contributed by atoms with Crippen LogP contribution in [-0.4, -0.2) is 17.0 Å². The fourth-order valence-electron chi connectivity index (χ4n) is 3.79. The summed E-state index contributed by atoms with van der Waals surface area (Å²) < 4.78 is 12.2. The van der Waals surface area contributed by atoms with E-state index in [1.54, 1.807) is 11.8 Å². The van der Waals surface area contributed by atoms with Crippen LogP contribution in [-0.2, 0) is 0 Å². The molecule has 2 aliphatic rings. The first kappa shape index (κ1) is 17.7. The third-order valence-corrected chi connectivity index (χ3v) is 6.16. The van der Waals surface area contributed by atoms with Gasteiger partial charge in [0, 0.05) is 27.5 Å². The quantitative estimate of drug-likeness (QED) is 0.481. The van der Waals surface area contributed by atoms with Crippen molar-refractivity contribution in [1.29, 1.82) is 0 Å². The van der Waals surface area contributed by atoms with Crippen molar-refractivity contribution in [2.75, 3.05) is 6.26 Å². The van der Waals surface area contributed by atoms with Crippen LogP contribution in [0.15, 0.2) is 69.0 Å². The van der Waals surface area contributed by atoms with Crippen LogP contribution in [0.2, 0.25) is 5.02 Å². The standard InChI is InChI=1S/C22H19ClN2O2S/c1-13-3-9-21(26-13)18-12-19-17-11-15(23)6-10-20(17)27-22(25(19)24-18)14-4-7-16(28-2)8-5-14/h3-11,19,22H,12H2,1-2H3/t19-,22+/m1/s1. The topological polar surface area (TPSA) is 38.0 Å². The van der Waals surface area contributed by atoms with Crippen molar-refractivity contribution in [2.45, 2.75) is 30.5 Å². The van der Waals surface area contributed by atoms with Crippen LogP contribution in [0.25, 0.3) is 0 Å². The molecular formula is C22H19ClN2O2S. The molecule has 0 bridgehead atoms. The number of fused-ring (bicyclic) bond motifs is 3. The van der Waals surface area contributed by atoms with Crippen molar-refractivity contribution in [3.05, 3.63) is 82.3 Å². The Kier molecular flexibility index (Phi) is 4.37. The van der Waals surface area contributed by atoms with Gasteiger partial charge < -0.3 is 9.15 Å². The van der Waals surface area contributed by atoms with Crippen molar-refractivity contribution < 1.29 is 9.15 Å². The minimum Gasteiger partial charge on any atom is -0.464 e. The minimum atomic E-state index is -0.289. The smallest absolute Gasteiger partial charge is 0.213 e. The summed E-state index contributed by atoms with van der Waals surface area (Å²) in [7, 11) is 0. The molecule has 0 aliphatic carbocycles. The van der Waals surface area contributed by atoms with Gasteiger partial charge in [0.25, 0.3) is 0 Å². The van der Waals surface area contributed by atoms with Gasteiger partial charge >= 0.3 is 0 Å². The maximum Gasteiger partial charge on any atom is 0.213 e. The fraction of sp³-hybridized carbons (Fsp3) is 0.227. The van der Waals surface area contributed by atoms with E-state index in [4.69, 9.17) is 25.9 Å². The summed E-state index contributed by atoms with van der Waals surface area (Å²) in [6.45, 7) is 1.95. The molecule has 4 nitrogen and oxygen atoms in total. The molecule has 0 spiro atoms. The van der Waals surface area contributed by atoms with E-state index in [0.29, 0.717) is 5.02 Å². The average molecular weight is 411 g/mol. The number of halogens is 1. The Labute approximate surface area is 173 Å². The highest BCUT2D eigenvalue weighted by molar-refractivity contribution is 7.98. The lowest BCUT2D eigenvalue weighted by atomic mass is 9.97. The first-order valence-corrected chi connectivity index (χ1v) is 10.8. The predicted molar refractivity (Wildman–Crippen MR) is 112 cm³/mol. The van der Waals surface area contributed by atoms with E-state index in [2.05, 4.69) is 30.5 Å². The molecule has 5 rings (SSSR count). The predicted octanol–water partition coefficient (Wildman–Crippen LogP) is 6.21. The lowest BCUT2D eigenvalue weighted by Gasteiger charge is -2.38. The molecule has 3 heterocycles. The molecule has 0 amide bonds. The van der Waals surface area contributed by atoms with Gasteiger partial charge in [-0.15, -0.1) is 11.8 Å². The van der Waals surface area contributed by atoms with E-state index in [0.717, 1.165) is 40.5 Å². The SMILES string of the molecule is CSc1ccc([C@@H]2Oc3ccc(Cl)cc3[C@H]3CC(c4ccc(C)o4)=NN32)cc1. The zero-order chi connectivity index (χ0) is 19.3.